The number of H-pyrrole nitrogens is 1. The predicted molar refractivity (Wildman–Crippen MR) is 74.7 cm³/mol. The van der Waals surface area contributed by atoms with Crippen LogP contribution < -0.4 is 5.56 Å². The number of nitrogens with zero attached hydrogens (tertiary/aromatic N) is 1. The Balaban J connectivity index is 1.97. The van der Waals surface area contributed by atoms with E-state index in [1.54, 1.807) is 0 Å². The molecule has 2 rings (SSSR count). The summed E-state index contributed by atoms with van der Waals surface area (Å²) in [4.78, 5) is 28.9. The molecule has 0 unspecified atom stereocenters. The molecule has 1 aromatic heterocycles. The second-order valence-electron chi connectivity index (χ2n) is 4.59. The fraction of sp³-hybridized carbons (Fsp3) is 0.267. The van der Waals surface area contributed by atoms with E-state index in [4.69, 9.17) is 5.11 Å². The molecule has 104 valence electrons. The van der Waals surface area contributed by atoms with E-state index in [0.29, 0.717) is 17.9 Å². The highest BCUT2D eigenvalue weighted by molar-refractivity contribution is 5.69. The van der Waals surface area contributed by atoms with E-state index >= 15 is 0 Å². The summed E-state index contributed by atoms with van der Waals surface area (Å²) in [5, 5.41) is 8.72. The summed E-state index contributed by atoms with van der Waals surface area (Å²) in [6, 6.07) is 11.3. The minimum absolute atomic E-state index is 0.227. The smallest absolute Gasteiger partial charge is 0.309 e. The Morgan fingerprint density at radius 1 is 1.20 bits per heavy atom. The van der Waals surface area contributed by atoms with Gasteiger partial charge in [-0.15, -0.1) is 0 Å². The van der Waals surface area contributed by atoms with Gasteiger partial charge in [0.1, 0.15) is 5.82 Å². The number of carboxylic acids is 1. The van der Waals surface area contributed by atoms with E-state index in [0.717, 1.165) is 12.8 Å². The molecule has 0 fully saturated rings. The van der Waals surface area contributed by atoms with E-state index in [2.05, 4.69) is 22.1 Å². The standard InChI is InChI=1S/C15H16N2O3/c18-14-9-12(10-15(19)20)16-13(17-14)8-4-7-11-5-2-1-3-6-11/h1-3,5-6,9H,4,7-8,10H2,(H,19,20)(H,16,17,18). The molecule has 0 saturated heterocycles. The van der Waals surface area contributed by atoms with Crippen molar-refractivity contribution in [2.75, 3.05) is 0 Å². The van der Waals surface area contributed by atoms with Crippen LogP contribution in [0.5, 0.6) is 0 Å². The SMILES string of the molecule is O=C(O)Cc1cc(=O)[nH]c(CCCc2ccccc2)n1. The van der Waals surface area contributed by atoms with Gasteiger partial charge in [-0.25, -0.2) is 4.98 Å². The number of rotatable bonds is 6. The number of carbonyl (C=O) groups is 1. The van der Waals surface area contributed by atoms with E-state index in [1.807, 2.05) is 18.2 Å². The minimum Gasteiger partial charge on any atom is -0.481 e. The highest BCUT2D eigenvalue weighted by atomic mass is 16.4. The Morgan fingerprint density at radius 2 is 1.95 bits per heavy atom. The van der Waals surface area contributed by atoms with Gasteiger partial charge in [-0.1, -0.05) is 30.3 Å². The average Bonchev–Trinajstić information content (AvgIpc) is 2.38. The Labute approximate surface area is 116 Å². The lowest BCUT2D eigenvalue weighted by atomic mass is 10.1. The number of aryl methyl sites for hydroxylation is 2. The quantitative estimate of drug-likeness (QED) is 0.836. The van der Waals surface area contributed by atoms with Crippen LogP contribution in [0.15, 0.2) is 41.2 Å². The molecule has 0 atom stereocenters. The van der Waals surface area contributed by atoms with Crippen LogP contribution >= 0.6 is 0 Å². The summed E-state index contributed by atoms with van der Waals surface area (Å²) in [7, 11) is 0. The van der Waals surface area contributed by atoms with Crippen molar-refractivity contribution in [1.82, 2.24) is 9.97 Å². The number of aliphatic carboxylic acids is 1. The molecule has 1 aromatic carbocycles. The molecule has 0 radical (unpaired) electrons. The fourth-order valence-corrected chi connectivity index (χ4v) is 2.03. The third-order valence-corrected chi connectivity index (χ3v) is 2.90. The first-order valence-corrected chi connectivity index (χ1v) is 6.48. The lowest BCUT2D eigenvalue weighted by molar-refractivity contribution is -0.136. The molecule has 0 aliphatic carbocycles. The molecule has 20 heavy (non-hydrogen) atoms. The lowest BCUT2D eigenvalue weighted by Gasteiger charge is -2.03. The highest BCUT2D eigenvalue weighted by Gasteiger charge is 2.05. The van der Waals surface area contributed by atoms with Gasteiger partial charge in [0.2, 0.25) is 0 Å². The van der Waals surface area contributed by atoms with Crippen molar-refractivity contribution in [3.63, 3.8) is 0 Å². The molecule has 0 amide bonds. The van der Waals surface area contributed by atoms with Crippen molar-refractivity contribution in [1.29, 1.82) is 0 Å². The molecule has 0 bridgehead atoms. The van der Waals surface area contributed by atoms with Crippen molar-refractivity contribution in [3.8, 4) is 0 Å². The molecule has 0 aliphatic rings. The summed E-state index contributed by atoms with van der Waals surface area (Å²) in [5.74, 6) is -0.442. The average molecular weight is 272 g/mol. The Morgan fingerprint density at radius 3 is 2.65 bits per heavy atom. The summed E-state index contributed by atoms with van der Waals surface area (Å²) >= 11 is 0. The Kier molecular flexibility index (Phi) is 4.65. The zero-order chi connectivity index (χ0) is 14.4. The predicted octanol–water partition coefficient (Wildman–Crippen LogP) is 1.57. The molecular weight excluding hydrogens is 256 g/mol. The van der Waals surface area contributed by atoms with Crippen molar-refractivity contribution in [2.45, 2.75) is 25.7 Å². The zero-order valence-corrected chi connectivity index (χ0v) is 11.0. The second kappa shape index (κ2) is 6.65. The molecule has 5 heteroatoms. The van der Waals surface area contributed by atoms with Gasteiger partial charge in [-0.3, -0.25) is 9.59 Å². The molecule has 2 N–H and O–H groups in total. The monoisotopic (exact) mass is 272 g/mol. The van der Waals surface area contributed by atoms with Crippen LogP contribution in [0.3, 0.4) is 0 Å². The first-order valence-electron chi connectivity index (χ1n) is 6.48. The maximum atomic E-state index is 11.4. The minimum atomic E-state index is -0.988. The maximum Gasteiger partial charge on any atom is 0.309 e. The highest BCUT2D eigenvalue weighted by Crippen LogP contribution is 2.05. The molecule has 1 heterocycles. The van der Waals surface area contributed by atoms with Gasteiger partial charge < -0.3 is 10.1 Å². The van der Waals surface area contributed by atoms with Gasteiger partial charge in [-0.2, -0.15) is 0 Å². The van der Waals surface area contributed by atoms with Gasteiger partial charge >= 0.3 is 5.97 Å². The van der Waals surface area contributed by atoms with E-state index in [9.17, 15) is 9.59 Å². The number of aromatic nitrogens is 2. The molecule has 5 nitrogen and oxygen atoms in total. The number of hydrogen-bond acceptors (Lipinski definition) is 3. The molecule has 0 aliphatic heterocycles. The van der Waals surface area contributed by atoms with Gasteiger partial charge in [-0.05, 0) is 18.4 Å². The van der Waals surface area contributed by atoms with Gasteiger partial charge in [0.25, 0.3) is 5.56 Å². The molecule has 0 saturated carbocycles. The topological polar surface area (TPSA) is 83.0 Å². The summed E-state index contributed by atoms with van der Waals surface area (Å²) in [5.41, 5.74) is 1.23. The number of aromatic amines is 1. The van der Waals surface area contributed by atoms with E-state index in [1.165, 1.54) is 11.6 Å². The van der Waals surface area contributed by atoms with Crippen LogP contribution in [-0.2, 0) is 24.1 Å². The molecular formula is C15H16N2O3. The van der Waals surface area contributed by atoms with E-state index in [-0.39, 0.29) is 12.0 Å². The van der Waals surface area contributed by atoms with Crippen LogP contribution in [0.25, 0.3) is 0 Å². The Bertz CT molecular complexity index is 635. The van der Waals surface area contributed by atoms with Crippen LogP contribution in [0.1, 0.15) is 23.5 Å². The Hall–Kier alpha value is -2.43. The first kappa shape index (κ1) is 14.0. The van der Waals surface area contributed by atoms with Crippen molar-refractivity contribution in [3.05, 3.63) is 63.8 Å². The van der Waals surface area contributed by atoms with Crippen LogP contribution in [0.2, 0.25) is 0 Å². The summed E-state index contributed by atoms with van der Waals surface area (Å²) in [6.07, 6.45) is 2.14. The van der Waals surface area contributed by atoms with Gasteiger partial charge in [0, 0.05) is 12.5 Å². The van der Waals surface area contributed by atoms with Crippen LogP contribution in [0, 0.1) is 0 Å². The zero-order valence-electron chi connectivity index (χ0n) is 11.0. The van der Waals surface area contributed by atoms with Crippen molar-refractivity contribution in [2.24, 2.45) is 0 Å². The maximum absolute atomic E-state index is 11.4. The van der Waals surface area contributed by atoms with Crippen molar-refractivity contribution >= 4 is 5.97 Å². The van der Waals surface area contributed by atoms with Gasteiger partial charge in [0.05, 0.1) is 12.1 Å². The number of benzene rings is 1. The third-order valence-electron chi connectivity index (χ3n) is 2.90. The van der Waals surface area contributed by atoms with Crippen LogP contribution in [-0.4, -0.2) is 21.0 Å². The largest absolute Gasteiger partial charge is 0.481 e. The fourth-order valence-electron chi connectivity index (χ4n) is 2.03. The summed E-state index contributed by atoms with van der Waals surface area (Å²) in [6.45, 7) is 0. The summed E-state index contributed by atoms with van der Waals surface area (Å²) < 4.78 is 0. The molecule has 0 spiro atoms. The number of nitrogens with one attached hydrogen (secondary N) is 1. The lowest BCUT2D eigenvalue weighted by Crippen LogP contribution is -2.15. The first-order chi connectivity index (χ1) is 9.63. The van der Waals surface area contributed by atoms with Crippen molar-refractivity contribution < 1.29 is 9.90 Å². The van der Waals surface area contributed by atoms with Gasteiger partial charge in [0.15, 0.2) is 0 Å². The molecule has 2 aromatic rings. The number of carboxylic acid groups (broad SMARTS) is 1. The second-order valence-corrected chi connectivity index (χ2v) is 4.59. The van der Waals surface area contributed by atoms with Crippen LogP contribution in [0.4, 0.5) is 0 Å². The third kappa shape index (κ3) is 4.35. The van der Waals surface area contributed by atoms with E-state index < -0.39 is 5.97 Å². The number of hydrogen-bond donors (Lipinski definition) is 2. The normalized spacial score (nSPS) is 10.4.